The van der Waals surface area contributed by atoms with E-state index in [0.717, 1.165) is 11.1 Å². The van der Waals surface area contributed by atoms with E-state index in [0.29, 0.717) is 16.4 Å². The summed E-state index contributed by atoms with van der Waals surface area (Å²) in [7, 11) is 0. The Labute approximate surface area is 155 Å². The Morgan fingerprint density at radius 3 is 2.62 bits per heavy atom. The van der Waals surface area contributed by atoms with E-state index >= 15 is 0 Å². The lowest BCUT2D eigenvalue weighted by molar-refractivity contribution is -0.119. The van der Waals surface area contributed by atoms with Gasteiger partial charge in [-0.05, 0) is 49.7 Å². The molecule has 3 rings (SSSR count). The molecule has 6 nitrogen and oxygen atoms in total. The number of halogens is 1. The number of amides is 1. The average molecular weight is 369 g/mol. The van der Waals surface area contributed by atoms with Crippen LogP contribution in [-0.4, -0.2) is 20.7 Å². The molecular formula is C19H17ClN4O2. The highest BCUT2D eigenvalue weighted by atomic mass is 35.5. The molecule has 1 N–H and O–H groups in total. The molecule has 0 aliphatic rings. The van der Waals surface area contributed by atoms with Crippen molar-refractivity contribution in [3.63, 3.8) is 0 Å². The normalized spacial score (nSPS) is 11.8. The molecule has 7 heteroatoms. The number of hydrogen-bond acceptors (Lipinski definition) is 4. The number of hydrogen-bond donors (Lipinski definition) is 1. The fourth-order valence-corrected chi connectivity index (χ4v) is 2.65. The first-order valence-electron chi connectivity index (χ1n) is 8.03. The second-order valence-corrected chi connectivity index (χ2v) is 6.22. The van der Waals surface area contributed by atoms with Crippen molar-refractivity contribution in [2.75, 3.05) is 5.32 Å². The van der Waals surface area contributed by atoms with Gasteiger partial charge < -0.3 is 5.32 Å². The van der Waals surface area contributed by atoms with E-state index in [1.54, 1.807) is 55.7 Å². The summed E-state index contributed by atoms with van der Waals surface area (Å²) in [6.07, 6.45) is 3.29. The van der Waals surface area contributed by atoms with Crippen LogP contribution < -0.4 is 10.9 Å². The molecule has 0 aliphatic carbocycles. The summed E-state index contributed by atoms with van der Waals surface area (Å²) in [5.74, 6) is -0.350. The Bertz CT molecular complexity index is 1000. The van der Waals surface area contributed by atoms with Crippen molar-refractivity contribution in [1.82, 2.24) is 14.8 Å². The van der Waals surface area contributed by atoms with Crippen LogP contribution in [0.15, 0.2) is 59.7 Å². The molecule has 2 aromatic heterocycles. The summed E-state index contributed by atoms with van der Waals surface area (Å²) >= 11 is 6.08. The van der Waals surface area contributed by atoms with Crippen molar-refractivity contribution >= 4 is 23.2 Å². The molecule has 1 atom stereocenters. The van der Waals surface area contributed by atoms with Gasteiger partial charge in [-0.3, -0.25) is 14.6 Å². The Morgan fingerprint density at radius 2 is 1.88 bits per heavy atom. The molecule has 1 unspecified atom stereocenters. The molecule has 26 heavy (non-hydrogen) atoms. The van der Waals surface area contributed by atoms with E-state index in [-0.39, 0.29) is 11.5 Å². The molecular weight excluding hydrogens is 352 g/mol. The van der Waals surface area contributed by atoms with E-state index < -0.39 is 6.04 Å². The number of anilines is 1. The van der Waals surface area contributed by atoms with E-state index in [9.17, 15) is 9.59 Å². The minimum atomic E-state index is -0.789. The van der Waals surface area contributed by atoms with Crippen molar-refractivity contribution < 1.29 is 4.79 Å². The van der Waals surface area contributed by atoms with Crippen molar-refractivity contribution in [3.05, 3.63) is 75.8 Å². The fraction of sp³-hybridized carbons (Fsp3) is 0.158. The van der Waals surface area contributed by atoms with Gasteiger partial charge in [0.25, 0.3) is 5.56 Å². The highest BCUT2D eigenvalue weighted by Crippen LogP contribution is 2.23. The standard InChI is InChI=1S/C19H17ClN4O2/c1-12-15(20)4-3-5-16(12)22-19(26)13(2)24-18(25)7-6-17(23-24)14-8-10-21-11-9-14/h3-11,13H,1-2H3,(H,22,26). The number of pyridine rings is 1. The maximum Gasteiger partial charge on any atom is 0.267 e. The lowest BCUT2D eigenvalue weighted by atomic mass is 10.2. The van der Waals surface area contributed by atoms with Crippen molar-refractivity contribution in [3.8, 4) is 11.3 Å². The van der Waals surface area contributed by atoms with Gasteiger partial charge in [-0.15, -0.1) is 0 Å². The number of rotatable bonds is 4. The first-order valence-corrected chi connectivity index (χ1v) is 8.41. The summed E-state index contributed by atoms with van der Waals surface area (Å²) in [6.45, 7) is 3.44. The third-order valence-electron chi connectivity index (χ3n) is 4.07. The Balaban J connectivity index is 1.89. The lowest BCUT2D eigenvalue weighted by Crippen LogP contribution is -2.33. The molecule has 0 saturated carbocycles. The van der Waals surface area contributed by atoms with Crippen LogP contribution in [0.2, 0.25) is 5.02 Å². The van der Waals surface area contributed by atoms with Gasteiger partial charge in [0.2, 0.25) is 5.91 Å². The molecule has 0 fully saturated rings. The smallest absolute Gasteiger partial charge is 0.267 e. The van der Waals surface area contributed by atoms with Crippen molar-refractivity contribution in [2.24, 2.45) is 0 Å². The van der Waals surface area contributed by atoms with Crippen LogP contribution in [0.5, 0.6) is 0 Å². The third kappa shape index (κ3) is 3.65. The third-order valence-corrected chi connectivity index (χ3v) is 4.48. The molecule has 0 bridgehead atoms. The largest absolute Gasteiger partial charge is 0.324 e. The maximum atomic E-state index is 12.6. The van der Waals surface area contributed by atoms with Crippen molar-refractivity contribution in [1.29, 1.82) is 0 Å². The SMILES string of the molecule is Cc1c(Cl)cccc1NC(=O)C(C)n1nc(-c2ccncc2)ccc1=O. The van der Waals surface area contributed by atoms with Crippen LogP contribution >= 0.6 is 11.6 Å². The van der Waals surface area contributed by atoms with E-state index in [1.165, 1.54) is 10.7 Å². The zero-order chi connectivity index (χ0) is 18.7. The summed E-state index contributed by atoms with van der Waals surface area (Å²) in [4.78, 5) is 28.8. The fourth-order valence-electron chi connectivity index (χ4n) is 2.47. The van der Waals surface area contributed by atoms with Crippen LogP contribution in [0, 0.1) is 6.92 Å². The van der Waals surface area contributed by atoms with Crippen LogP contribution in [0.1, 0.15) is 18.5 Å². The van der Waals surface area contributed by atoms with Gasteiger partial charge in [-0.1, -0.05) is 17.7 Å². The Hall–Kier alpha value is -2.99. The number of carbonyl (C=O) groups is 1. The van der Waals surface area contributed by atoms with Crippen LogP contribution in [0.3, 0.4) is 0 Å². The molecule has 132 valence electrons. The van der Waals surface area contributed by atoms with Gasteiger partial charge >= 0.3 is 0 Å². The number of nitrogens with zero attached hydrogens (tertiary/aromatic N) is 3. The second-order valence-electron chi connectivity index (χ2n) is 5.81. The molecule has 2 heterocycles. The Kier molecular flexibility index (Phi) is 5.14. The van der Waals surface area contributed by atoms with Gasteiger partial charge in [-0.2, -0.15) is 5.10 Å². The highest BCUT2D eigenvalue weighted by Gasteiger charge is 2.19. The summed E-state index contributed by atoms with van der Waals surface area (Å²) < 4.78 is 1.17. The minimum absolute atomic E-state index is 0.350. The van der Waals surface area contributed by atoms with Crippen LogP contribution in [-0.2, 0) is 4.79 Å². The van der Waals surface area contributed by atoms with Gasteiger partial charge in [0.05, 0.1) is 5.69 Å². The molecule has 0 saturated heterocycles. The molecule has 0 spiro atoms. The highest BCUT2D eigenvalue weighted by molar-refractivity contribution is 6.31. The zero-order valence-corrected chi connectivity index (χ0v) is 15.1. The quantitative estimate of drug-likeness (QED) is 0.765. The number of nitrogens with one attached hydrogen (secondary N) is 1. The van der Waals surface area contributed by atoms with E-state index in [1.807, 2.05) is 6.92 Å². The van der Waals surface area contributed by atoms with Gasteiger partial charge in [-0.25, -0.2) is 4.68 Å². The second kappa shape index (κ2) is 7.49. The first-order chi connectivity index (χ1) is 12.5. The van der Waals surface area contributed by atoms with Gasteiger partial charge in [0.15, 0.2) is 0 Å². The van der Waals surface area contributed by atoms with E-state index in [2.05, 4.69) is 15.4 Å². The lowest BCUT2D eigenvalue weighted by Gasteiger charge is -2.16. The molecule has 3 aromatic rings. The molecule has 1 amide bonds. The number of aromatic nitrogens is 3. The van der Waals surface area contributed by atoms with E-state index in [4.69, 9.17) is 11.6 Å². The van der Waals surface area contributed by atoms with Crippen LogP contribution in [0.25, 0.3) is 11.3 Å². The summed E-state index contributed by atoms with van der Waals surface area (Å²) in [5.41, 5.74) is 2.42. The van der Waals surface area contributed by atoms with Crippen molar-refractivity contribution in [2.45, 2.75) is 19.9 Å². The molecule has 1 aromatic carbocycles. The molecule has 0 aliphatic heterocycles. The topological polar surface area (TPSA) is 76.9 Å². The van der Waals surface area contributed by atoms with Gasteiger partial charge in [0, 0.05) is 34.7 Å². The average Bonchev–Trinajstić information content (AvgIpc) is 2.66. The monoisotopic (exact) mass is 368 g/mol. The predicted molar refractivity (Wildman–Crippen MR) is 101 cm³/mol. The molecule has 0 radical (unpaired) electrons. The zero-order valence-electron chi connectivity index (χ0n) is 14.3. The number of carbonyl (C=O) groups excluding carboxylic acids is 1. The predicted octanol–water partition coefficient (Wildman–Crippen LogP) is 3.47. The summed E-state index contributed by atoms with van der Waals surface area (Å²) in [5, 5.41) is 7.70. The van der Waals surface area contributed by atoms with Crippen LogP contribution in [0.4, 0.5) is 5.69 Å². The number of benzene rings is 1. The minimum Gasteiger partial charge on any atom is -0.324 e. The van der Waals surface area contributed by atoms with Gasteiger partial charge in [0.1, 0.15) is 6.04 Å². The maximum absolute atomic E-state index is 12.6. The summed E-state index contributed by atoms with van der Waals surface area (Å²) in [6, 6.07) is 11.1. The first kappa shape index (κ1) is 17.8. The Morgan fingerprint density at radius 1 is 1.15 bits per heavy atom.